The van der Waals surface area contributed by atoms with E-state index in [1.54, 1.807) is 24.3 Å². The lowest BCUT2D eigenvalue weighted by Crippen LogP contribution is -2.44. The van der Waals surface area contributed by atoms with Gasteiger partial charge in [-0.25, -0.2) is 0 Å². The molecule has 0 saturated heterocycles. The second kappa shape index (κ2) is 3.73. The van der Waals surface area contributed by atoms with E-state index in [4.69, 9.17) is 4.74 Å². The van der Waals surface area contributed by atoms with Crippen LogP contribution >= 0.6 is 0 Å². The van der Waals surface area contributed by atoms with Crippen LogP contribution in [0.2, 0.25) is 0 Å². The summed E-state index contributed by atoms with van der Waals surface area (Å²) >= 11 is 0. The highest BCUT2D eigenvalue weighted by molar-refractivity contribution is 5.78. The average molecular weight is 243 g/mol. The van der Waals surface area contributed by atoms with E-state index in [2.05, 4.69) is 0 Å². The second-order valence-electron chi connectivity index (χ2n) is 4.34. The maximum Gasteiger partial charge on any atom is 0.248 e. The summed E-state index contributed by atoms with van der Waals surface area (Å²) in [5, 5.41) is 19.9. The third kappa shape index (κ3) is 1.63. The van der Waals surface area contributed by atoms with Gasteiger partial charge in [-0.2, -0.15) is 0 Å². The Bertz CT molecular complexity index is 544. The van der Waals surface area contributed by atoms with Crippen molar-refractivity contribution in [2.75, 3.05) is 4.90 Å². The summed E-state index contributed by atoms with van der Waals surface area (Å²) in [5.41, 5.74) is 1.26. The Balaban J connectivity index is 2.24. The summed E-state index contributed by atoms with van der Waals surface area (Å²) in [7, 11) is 0. The van der Waals surface area contributed by atoms with Crippen LogP contribution in [0.3, 0.4) is 0 Å². The summed E-state index contributed by atoms with van der Waals surface area (Å²) < 4.78 is 5.74. The molecule has 18 heavy (non-hydrogen) atoms. The van der Waals surface area contributed by atoms with Crippen molar-refractivity contribution < 1.29 is 14.9 Å². The smallest absolute Gasteiger partial charge is 0.248 e. The van der Waals surface area contributed by atoms with Crippen molar-refractivity contribution in [3.05, 3.63) is 48.5 Å². The van der Waals surface area contributed by atoms with Crippen LogP contribution in [0.4, 0.5) is 11.4 Å². The number of anilines is 2. The van der Waals surface area contributed by atoms with Crippen LogP contribution in [-0.4, -0.2) is 16.1 Å². The molecule has 0 aromatic heterocycles. The third-order valence-corrected chi connectivity index (χ3v) is 2.86. The molecule has 0 amide bonds. The summed E-state index contributed by atoms with van der Waals surface area (Å²) in [5.74, 6) is -0.785. The molecule has 92 valence electrons. The second-order valence-corrected chi connectivity index (χ2v) is 4.34. The Morgan fingerprint density at radius 1 is 0.889 bits per heavy atom. The van der Waals surface area contributed by atoms with Crippen molar-refractivity contribution >= 4 is 11.4 Å². The van der Waals surface area contributed by atoms with Gasteiger partial charge in [0.2, 0.25) is 5.91 Å². The van der Waals surface area contributed by atoms with E-state index in [1.807, 2.05) is 24.3 Å². The first-order chi connectivity index (χ1) is 8.57. The van der Waals surface area contributed by atoms with Gasteiger partial charge in [-0.05, 0) is 24.3 Å². The molecule has 0 atom stereocenters. The minimum Gasteiger partial charge on any atom is -0.453 e. The zero-order valence-electron chi connectivity index (χ0n) is 9.87. The monoisotopic (exact) mass is 243 g/mol. The molecule has 2 aromatic rings. The molecule has 0 unspecified atom stereocenters. The highest BCUT2D eigenvalue weighted by Crippen LogP contribution is 2.48. The molecule has 3 rings (SSSR count). The molecule has 0 saturated carbocycles. The highest BCUT2D eigenvalue weighted by Gasteiger charge is 2.35. The molecule has 1 aliphatic rings. The fourth-order valence-corrected chi connectivity index (χ4v) is 2.16. The Hall–Kier alpha value is -2.04. The van der Waals surface area contributed by atoms with Gasteiger partial charge in [0, 0.05) is 6.92 Å². The van der Waals surface area contributed by atoms with E-state index < -0.39 is 5.91 Å². The van der Waals surface area contributed by atoms with Gasteiger partial charge in [0.05, 0.1) is 11.4 Å². The molecule has 0 radical (unpaired) electrons. The van der Waals surface area contributed by atoms with Crippen molar-refractivity contribution in [1.29, 1.82) is 0 Å². The van der Waals surface area contributed by atoms with Gasteiger partial charge in [-0.3, -0.25) is 4.90 Å². The molecule has 0 spiro atoms. The van der Waals surface area contributed by atoms with Gasteiger partial charge in [-0.15, -0.1) is 0 Å². The molecule has 4 heteroatoms. The third-order valence-electron chi connectivity index (χ3n) is 2.86. The number of rotatable bonds is 1. The Kier molecular flexibility index (Phi) is 2.29. The highest BCUT2D eigenvalue weighted by atomic mass is 16.5. The van der Waals surface area contributed by atoms with Gasteiger partial charge < -0.3 is 14.9 Å². The maximum absolute atomic E-state index is 9.96. The standard InChI is InChI=1S/C14H13NO3/c1-14(16,17)15-10-6-2-4-8-12(10)18-13-9-5-3-7-11(13)15/h2-9,16-17H,1H3. The van der Waals surface area contributed by atoms with Crippen molar-refractivity contribution in [2.24, 2.45) is 0 Å². The summed E-state index contributed by atoms with van der Waals surface area (Å²) in [6, 6.07) is 14.5. The zero-order valence-corrected chi connectivity index (χ0v) is 9.87. The number of hydrogen-bond donors (Lipinski definition) is 2. The summed E-state index contributed by atoms with van der Waals surface area (Å²) in [6.07, 6.45) is 0. The normalized spacial score (nSPS) is 13.6. The molecule has 0 fully saturated rings. The van der Waals surface area contributed by atoms with Crippen LogP contribution in [-0.2, 0) is 0 Å². The lowest BCUT2D eigenvalue weighted by Gasteiger charge is -2.38. The first-order valence-electron chi connectivity index (χ1n) is 5.68. The molecule has 0 bridgehead atoms. The molecular weight excluding hydrogens is 230 g/mol. The molecule has 2 N–H and O–H groups in total. The van der Waals surface area contributed by atoms with E-state index >= 15 is 0 Å². The van der Waals surface area contributed by atoms with E-state index in [9.17, 15) is 10.2 Å². The van der Waals surface area contributed by atoms with E-state index in [-0.39, 0.29) is 0 Å². The quantitative estimate of drug-likeness (QED) is 0.756. The lowest BCUT2D eigenvalue weighted by atomic mass is 10.1. The number of hydrogen-bond acceptors (Lipinski definition) is 4. The summed E-state index contributed by atoms with van der Waals surface area (Å²) in [6.45, 7) is 1.33. The molecule has 0 aliphatic carbocycles. The summed E-state index contributed by atoms with van der Waals surface area (Å²) in [4.78, 5) is 1.45. The van der Waals surface area contributed by atoms with Crippen molar-refractivity contribution in [3.8, 4) is 11.5 Å². The van der Waals surface area contributed by atoms with Crippen LogP contribution in [0.25, 0.3) is 0 Å². The lowest BCUT2D eigenvalue weighted by molar-refractivity contribution is -0.137. The van der Waals surface area contributed by atoms with Gasteiger partial charge in [0.1, 0.15) is 0 Å². The Morgan fingerprint density at radius 3 is 1.78 bits per heavy atom. The predicted molar refractivity (Wildman–Crippen MR) is 67.9 cm³/mol. The fourth-order valence-electron chi connectivity index (χ4n) is 2.16. The zero-order chi connectivity index (χ0) is 12.8. The van der Waals surface area contributed by atoms with Crippen LogP contribution in [0, 0.1) is 0 Å². The number of nitrogens with zero attached hydrogens (tertiary/aromatic N) is 1. The fraction of sp³-hybridized carbons (Fsp3) is 0.143. The van der Waals surface area contributed by atoms with Crippen molar-refractivity contribution in [3.63, 3.8) is 0 Å². The molecule has 1 aliphatic heterocycles. The van der Waals surface area contributed by atoms with Crippen molar-refractivity contribution in [2.45, 2.75) is 12.8 Å². The minimum absolute atomic E-state index is 0.602. The van der Waals surface area contributed by atoms with Gasteiger partial charge in [0.15, 0.2) is 11.5 Å². The minimum atomic E-state index is -1.99. The van der Waals surface area contributed by atoms with E-state index in [0.717, 1.165) is 0 Å². The van der Waals surface area contributed by atoms with Gasteiger partial charge in [-0.1, -0.05) is 24.3 Å². The van der Waals surface area contributed by atoms with Crippen molar-refractivity contribution in [1.82, 2.24) is 0 Å². The van der Waals surface area contributed by atoms with Crippen LogP contribution in [0.5, 0.6) is 11.5 Å². The Labute approximate surface area is 105 Å². The van der Waals surface area contributed by atoms with Gasteiger partial charge in [0.25, 0.3) is 0 Å². The number of fused-ring (bicyclic) bond motifs is 2. The van der Waals surface area contributed by atoms with Crippen LogP contribution < -0.4 is 9.64 Å². The first kappa shape index (κ1) is 11.1. The molecule has 1 heterocycles. The average Bonchev–Trinajstić information content (AvgIpc) is 2.34. The van der Waals surface area contributed by atoms with Crippen LogP contribution in [0.15, 0.2) is 48.5 Å². The number of ether oxygens (including phenoxy) is 1. The molecule has 4 nitrogen and oxygen atoms in total. The SMILES string of the molecule is CC(O)(O)N1c2ccccc2Oc2ccccc21. The molecule has 2 aromatic carbocycles. The number of para-hydroxylation sites is 4. The van der Waals surface area contributed by atoms with Crippen LogP contribution in [0.1, 0.15) is 6.92 Å². The topological polar surface area (TPSA) is 52.9 Å². The maximum atomic E-state index is 9.96. The Morgan fingerprint density at radius 2 is 1.33 bits per heavy atom. The predicted octanol–water partition coefficient (Wildman–Crippen LogP) is 2.59. The number of aliphatic hydroxyl groups is 2. The number of benzene rings is 2. The van der Waals surface area contributed by atoms with E-state index in [0.29, 0.717) is 22.9 Å². The largest absolute Gasteiger partial charge is 0.453 e. The molecular formula is C14H13NO3. The first-order valence-corrected chi connectivity index (χ1v) is 5.68. The van der Waals surface area contributed by atoms with Gasteiger partial charge >= 0.3 is 0 Å². The van der Waals surface area contributed by atoms with E-state index in [1.165, 1.54) is 11.8 Å².